The van der Waals surface area contributed by atoms with E-state index in [0.717, 1.165) is 46.8 Å². The van der Waals surface area contributed by atoms with Crippen LogP contribution in [0.15, 0.2) is 65.7 Å². The van der Waals surface area contributed by atoms with E-state index in [1.165, 1.54) is 0 Å². The maximum atomic E-state index is 12.8. The molecule has 5 N–H and O–H groups in total. The molecule has 2 aromatic heterocycles. The summed E-state index contributed by atoms with van der Waals surface area (Å²) in [5.74, 6) is 1.33. The molecule has 4 aromatic rings. The summed E-state index contributed by atoms with van der Waals surface area (Å²) >= 11 is 0. The molecule has 11 nitrogen and oxygen atoms in total. The molecule has 2 unspecified atom stereocenters. The van der Waals surface area contributed by atoms with Gasteiger partial charge >= 0.3 is 5.69 Å². The average Bonchev–Trinajstić information content (AvgIpc) is 3.47. The first-order valence-corrected chi connectivity index (χ1v) is 12.0. The lowest BCUT2D eigenvalue weighted by Crippen LogP contribution is -2.21. The SMILES string of the molecule is Cc1cc(OC2CCN(C)C2)cc(C(Nc2ccc(C(=N)N)cc2)c2nn(-c3ncccn3)c(=O)[nH]2)c1. The summed E-state index contributed by atoms with van der Waals surface area (Å²) in [6.45, 7) is 3.89. The maximum Gasteiger partial charge on any atom is 0.350 e. The van der Waals surface area contributed by atoms with Gasteiger partial charge in [0.2, 0.25) is 0 Å². The van der Waals surface area contributed by atoms with E-state index in [0.29, 0.717) is 11.4 Å². The fourth-order valence-corrected chi connectivity index (χ4v) is 4.42. The Morgan fingerprint density at radius 1 is 1.22 bits per heavy atom. The maximum absolute atomic E-state index is 12.8. The Kier molecular flexibility index (Phi) is 6.69. The summed E-state index contributed by atoms with van der Waals surface area (Å²) in [6.07, 6.45) is 4.21. The number of amidine groups is 1. The molecule has 0 amide bonds. The number of benzene rings is 2. The van der Waals surface area contributed by atoms with Gasteiger partial charge in [0.1, 0.15) is 23.7 Å². The largest absolute Gasteiger partial charge is 0.489 e. The molecule has 0 bridgehead atoms. The third-order valence-corrected chi connectivity index (χ3v) is 6.21. The van der Waals surface area contributed by atoms with Crippen LogP contribution in [0, 0.1) is 12.3 Å². The molecule has 0 spiro atoms. The number of nitrogens with one attached hydrogen (secondary N) is 3. The molecule has 2 atom stereocenters. The van der Waals surface area contributed by atoms with E-state index in [1.54, 1.807) is 30.6 Å². The number of nitrogens with two attached hydrogens (primary N) is 1. The van der Waals surface area contributed by atoms with E-state index in [9.17, 15) is 4.79 Å². The van der Waals surface area contributed by atoms with Gasteiger partial charge in [-0.1, -0.05) is 6.07 Å². The minimum atomic E-state index is -0.519. The number of likely N-dealkylation sites (N-methyl/N-ethyl adjacent to an activating group) is 1. The summed E-state index contributed by atoms with van der Waals surface area (Å²) in [7, 11) is 2.09. The van der Waals surface area contributed by atoms with E-state index in [4.69, 9.17) is 15.9 Å². The van der Waals surface area contributed by atoms with Crippen LogP contribution in [0.3, 0.4) is 0 Å². The van der Waals surface area contributed by atoms with Gasteiger partial charge in [0.25, 0.3) is 5.95 Å². The predicted molar refractivity (Wildman–Crippen MR) is 140 cm³/mol. The third kappa shape index (κ3) is 5.51. The van der Waals surface area contributed by atoms with Gasteiger partial charge in [-0.3, -0.25) is 10.4 Å². The zero-order valence-electron chi connectivity index (χ0n) is 20.7. The second-order valence-corrected chi connectivity index (χ2v) is 9.21. The van der Waals surface area contributed by atoms with Crippen LogP contribution >= 0.6 is 0 Å². The van der Waals surface area contributed by atoms with Crippen LogP contribution in [-0.4, -0.2) is 61.7 Å². The van der Waals surface area contributed by atoms with Crippen molar-refractivity contribution in [3.63, 3.8) is 0 Å². The van der Waals surface area contributed by atoms with Gasteiger partial charge in [-0.15, -0.1) is 9.78 Å². The summed E-state index contributed by atoms with van der Waals surface area (Å²) in [4.78, 5) is 26.2. The first-order valence-electron chi connectivity index (χ1n) is 12.0. The van der Waals surface area contributed by atoms with Gasteiger partial charge in [-0.05, 0) is 74.0 Å². The Hall–Kier alpha value is -4.51. The van der Waals surface area contributed by atoms with Crippen LogP contribution in [0.4, 0.5) is 5.69 Å². The van der Waals surface area contributed by atoms with Gasteiger partial charge in [0.15, 0.2) is 5.82 Å². The number of anilines is 1. The lowest BCUT2D eigenvalue weighted by molar-refractivity contribution is 0.208. The van der Waals surface area contributed by atoms with Crippen LogP contribution in [0.5, 0.6) is 5.75 Å². The second-order valence-electron chi connectivity index (χ2n) is 9.21. The molecule has 1 saturated heterocycles. The monoisotopic (exact) mass is 499 g/mol. The van der Waals surface area contributed by atoms with E-state index in [1.807, 2.05) is 37.3 Å². The van der Waals surface area contributed by atoms with Crippen molar-refractivity contribution in [3.8, 4) is 11.7 Å². The van der Waals surface area contributed by atoms with Crippen LogP contribution in [-0.2, 0) is 0 Å². The Morgan fingerprint density at radius 2 is 1.97 bits per heavy atom. The number of aromatic nitrogens is 5. The fourth-order valence-electron chi connectivity index (χ4n) is 4.42. The van der Waals surface area contributed by atoms with Crippen LogP contribution in [0.2, 0.25) is 0 Å². The number of aromatic amines is 1. The number of nitrogens with zero attached hydrogens (tertiary/aromatic N) is 5. The zero-order valence-corrected chi connectivity index (χ0v) is 20.7. The molecular weight excluding hydrogens is 470 g/mol. The highest BCUT2D eigenvalue weighted by molar-refractivity contribution is 5.95. The lowest BCUT2D eigenvalue weighted by atomic mass is 10.0. The molecule has 2 aromatic carbocycles. The van der Waals surface area contributed by atoms with E-state index < -0.39 is 11.7 Å². The predicted octanol–water partition coefficient (Wildman–Crippen LogP) is 2.23. The number of H-pyrrole nitrogens is 1. The molecule has 1 fully saturated rings. The van der Waals surface area contributed by atoms with Crippen molar-refractivity contribution in [2.45, 2.75) is 25.5 Å². The summed E-state index contributed by atoms with van der Waals surface area (Å²) in [5, 5.41) is 15.6. The van der Waals surface area contributed by atoms with Crippen LogP contribution in [0.1, 0.15) is 35.0 Å². The van der Waals surface area contributed by atoms with Crippen LogP contribution in [0.25, 0.3) is 5.95 Å². The minimum absolute atomic E-state index is 0.00735. The van der Waals surface area contributed by atoms with Crippen molar-refractivity contribution < 1.29 is 4.74 Å². The minimum Gasteiger partial charge on any atom is -0.489 e. The highest BCUT2D eigenvalue weighted by atomic mass is 16.5. The standard InChI is InChI=1S/C26H29N9O2/c1-16-12-18(14-21(13-16)37-20-8-11-34(2)15-20)22(31-19-6-4-17(5-7-19)23(27)28)24-32-26(36)35(33-24)25-29-9-3-10-30-25/h3-7,9-10,12-14,20,22,31H,8,11,15H2,1-2H3,(H3,27,28)(H,32,33,36). The quantitative estimate of drug-likeness (QED) is 0.213. The molecular formula is C26H29N9O2. The van der Waals surface area contributed by atoms with E-state index >= 15 is 0 Å². The number of ether oxygens (including phenoxy) is 1. The molecule has 1 aliphatic rings. The molecule has 3 heterocycles. The van der Waals surface area contributed by atoms with Crippen molar-refractivity contribution in [2.24, 2.45) is 5.73 Å². The summed E-state index contributed by atoms with van der Waals surface area (Å²) in [5.41, 5.74) is 8.44. The van der Waals surface area contributed by atoms with E-state index in [2.05, 4.69) is 37.3 Å². The topological polar surface area (TPSA) is 151 Å². The summed E-state index contributed by atoms with van der Waals surface area (Å²) < 4.78 is 7.46. The highest BCUT2D eigenvalue weighted by Crippen LogP contribution is 2.30. The number of likely N-dealkylation sites (tertiary alicyclic amines) is 1. The van der Waals surface area contributed by atoms with Gasteiger partial charge in [-0.2, -0.15) is 0 Å². The second kappa shape index (κ2) is 10.2. The van der Waals surface area contributed by atoms with E-state index in [-0.39, 0.29) is 17.9 Å². The Bertz CT molecular complexity index is 1450. The molecule has 0 aliphatic carbocycles. The number of hydrogen-bond donors (Lipinski definition) is 4. The smallest absolute Gasteiger partial charge is 0.350 e. The zero-order chi connectivity index (χ0) is 25.9. The number of rotatable bonds is 8. The number of hydrogen-bond acceptors (Lipinski definition) is 8. The van der Waals surface area contributed by atoms with Crippen molar-refractivity contribution in [1.82, 2.24) is 29.6 Å². The molecule has 5 rings (SSSR count). The van der Waals surface area contributed by atoms with Gasteiger partial charge < -0.3 is 20.7 Å². The third-order valence-electron chi connectivity index (χ3n) is 6.21. The number of aryl methyl sites for hydroxylation is 1. The van der Waals surface area contributed by atoms with Crippen LogP contribution < -0.4 is 21.5 Å². The Morgan fingerprint density at radius 3 is 2.65 bits per heavy atom. The fraction of sp³-hybridized carbons (Fsp3) is 0.269. The molecule has 1 aliphatic heterocycles. The average molecular weight is 500 g/mol. The van der Waals surface area contributed by atoms with Crippen molar-refractivity contribution in [1.29, 1.82) is 5.41 Å². The number of nitrogen functional groups attached to an aromatic ring is 1. The van der Waals surface area contributed by atoms with Gasteiger partial charge in [-0.25, -0.2) is 14.8 Å². The molecule has 37 heavy (non-hydrogen) atoms. The molecule has 190 valence electrons. The summed E-state index contributed by atoms with van der Waals surface area (Å²) in [6, 6.07) is 14.4. The van der Waals surface area contributed by atoms with Gasteiger partial charge in [0.05, 0.1) is 0 Å². The Balaban J connectivity index is 1.53. The lowest BCUT2D eigenvalue weighted by Gasteiger charge is -2.21. The molecule has 0 saturated carbocycles. The molecule has 11 heteroatoms. The van der Waals surface area contributed by atoms with Crippen molar-refractivity contribution >= 4 is 11.5 Å². The molecule has 0 radical (unpaired) electrons. The van der Waals surface area contributed by atoms with Crippen molar-refractivity contribution in [2.75, 3.05) is 25.5 Å². The van der Waals surface area contributed by atoms with Gasteiger partial charge in [0, 0.05) is 36.7 Å². The normalized spacial score (nSPS) is 16.4. The highest BCUT2D eigenvalue weighted by Gasteiger charge is 2.24. The first kappa shape index (κ1) is 24.2. The first-order chi connectivity index (χ1) is 17.9. The van der Waals surface area contributed by atoms with Crippen molar-refractivity contribution in [3.05, 3.63) is 93.9 Å². The Labute approximate surface area is 213 Å².